The zero-order valence-corrected chi connectivity index (χ0v) is 12.0. The van der Waals surface area contributed by atoms with Crippen LogP contribution in [-0.2, 0) is 0 Å². The van der Waals surface area contributed by atoms with E-state index < -0.39 is 0 Å². The lowest BCUT2D eigenvalue weighted by Crippen LogP contribution is -2.13. The minimum atomic E-state index is 0.446. The molecule has 0 bridgehead atoms. The number of hydrogen-bond donors (Lipinski definition) is 3. The van der Waals surface area contributed by atoms with Crippen LogP contribution in [0.2, 0.25) is 10.0 Å². The van der Waals surface area contributed by atoms with Crippen LogP contribution in [0.4, 0.5) is 17.3 Å². The Hall–Kier alpha value is -1.56. The van der Waals surface area contributed by atoms with E-state index in [2.05, 4.69) is 20.7 Å². The summed E-state index contributed by atoms with van der Waals surface area (Å²) in [5.41, 5.74) is 4.01. The molecule has 0 spiro atoms. The van der Waals surface area contributed by atoms with E-state index in [9.17, 15) is 0 Å². The molecule has 100 valence electrons. The molecule has 1 aromatic heterocycles. The number of nitrogens with one attached hydrogen (secondary N) is 2. The monoisotopic (exact) mass is 297 g/mol. The highest BCUT2D eigenvalue weighted by atomic mass is 35.5. The van der Waals surface area contributed by atoms with E-state index in [1.54, 1.807) is 13.0 Å². The maximum atomic E-state index is 6.13. The molecule has 1 aromatic carbocycles. The number of nitrogen functional groups attached to an aromatic ring is 1. The Morgan fingerprint density at radius 3 is 2.47 bits per heavy atom. The van der Waals surface area contributed by atoms with Gasteiger partial charge in [-0.25, -0.2) is 15.8 Å². The fourth-order valence-corrected chi connectivity index (χ4v) is 1.97. The van der Waals surface area contributed by atoms with Crippen LogP contribution < -0.4 is 16.6 Å². The van der Waals surface area contributed by atoms with Gasteiger partial charge in [-0.3, -0.25) is 0 Å². The summed E-state index contributed by atoms with van der Waals surface area (Å²) < 4.78 is 0. The molecule has 0 aliphatic rings. The van der Waals surface area contributed by atoms with Gasteiger partial charge in [0.2, 0.25) is 0 Å². The molecule has 4 N–H and O–H groups in total. The van der Waals surface area contributed by atoms with E-state index in [4.69, 9.17) is 29.0 Å². The smallest absolute Gasteiger partial charge is 0.148 e. The number of aromatic nitrogens is 2. The van der Waals surface area contributed by atoms with Crippen molar-refractivity contribution < 1.29 is 0 Å². The van der Waals surface area contributed by atoms with E-state index in [-0.39, 0.29) is 0 Å². The number of halogens is 2. The fourth-order valence-electron chi connectivity index (χ4n) is 1.62. The van der Waals surface area contributed by atoms with Crippen LogP contribution >= 0.6 is 23.2 Å². The summed E-state index contributed by atoms with van der Waals surface area (Å²) in [6.07, 6.45) is 0. The average molecular weight is 298 g/mol. The molecule has 0 aliphatic carbocycles. The summed E-state index contributed by atoms with van der Waals surface area (Å²) in [7, 11) is 0. The maximum Gasteiger partial charge on any atom is 0.148 e. The largest absolute Gasteiger partial charge is 0.339 e. The summed E-state index contributed by atoms with van der Waals surface area (Å²) in [5.74, 6) is 7.21. The highest BCUT2D eigenvalue weighted by Gasteiger charge is 2.11. The molecule has 0 aliphatic heterocycles. The lowest BCUT2D eigenvalue weighted by molar-refractivity contribution is 1.03. The predicted molar refractivity (Wildman–Crippen MR) is 79.1 cm³/mol. The second kappa shape index (κ2) is 5.61. The molecular formula is C12H13Cl2N5. The van der Waals surface area contributed by atoms with Gasteiger partial charge in [0.05, 0.1) is 15.7 Å². The maximum absolute atomic E-state index is 6.13. The summed E-state index contributed by atoms with van der Waals surface area (Å²) in [4.78, 5) is 8.52. The van der Waals surface area contributed by atoms with Crippen LogP contribution in [0.5, 0.6) is 0 Å². The number of hydrogen-bond acceptors (Lipinski definition) is 5. The van der Waals surface area contributed by atoms with E-state index in [1.807, 2.05) is 19.1 Å². The van der Waals surface area contributed by atoms with E-state index in [0.717, 1.165) is 5.56 Å². The van der Waals surface area contributed by atoms with Crippen molar-refractivity contribution in [2.75, 3.05) is 10.7 Å². The van der Waals surface area contributed by atoms with Gasteiger partial charge in [-0.15, -0.1) is 0 Å². The number of nitrogens with two attached hydrogens (primary N) is 1. The number of nitrogens with zero attached hydrogens (tertiary/aromatic N) is 2. The van der Waals surface area contributed by atoms with Crippen LogP contribution in [0.15, 0.2) is 18.2 Å². The Bertz CT molecular complexity index is 615. The highest BCUT2D eigenvalue weighted by molar-refractivity contribution is 6.43. The molecule has 0 saturated heterocycles. The number of hydrazine groups is 1. The van der Waals surface area contributed by atoms with Crippen LogP contribution in [0.3, 0.4) is 0 Å². The van der Waals surface area contributed by atoms with Gasteiger partial charge >= 0.3 is 0 Å². The summed E-state index contributed by atoms with van der Waals surface area (Å²) in [6, 6.07) is 5.35. The Balaban J connectivity index is 2.43. The van der Waals surface area contributed by atoms with Crippen molar-refractivity contribution in [1.82, 2.24) is 9.97 Å². The third-order valence-electron chi connectivity index (χ3n) is 2.60. The number of benzene rings is 1. The molecule has 2 aromatic rings. The first kappa shape index (κ1) is 13.9. The Kier molecular flexibility index (Phi) is 4.09. The van der Waals surface area contributed by atoms with E-state index in [1.165, 1.54) is 0 Å². The summed E-state index contributed by atoms with van der Waals surface area (Å²) >= 11 is 12.1. The van der Waals surface area contributed by atoms with Gasteiger partial charge < -0.3 is 10.7 Å². The fraction of sp³-hybridized carbons (Fsp3) is 0.167. The third kappa shape index (κ3) is 2.89. The van der Waals surface area contributed by atoms with Crippen molar-refractivity contribution in [3.05, 3.63) is 39.6 Å². The summed E-state index contributed by atoms with van der Waals surface area (Å²) in [6.45, 7) is 3.64. The van der Waals surface area contributed by atoms with Crippen LogP contribution in [0.1, 0.15) is 11.4 Å². The highest BCUT2D eigenvalue weighted by Crippen LogP contribution is 2.32. The van der Waals surface area contributed by atoms with Crippen molar-refractivity contribution >= 4 is 40.5 Å². The van der Waals surface area contributed by atoms with Gasteiger partial charge in [0.1, 0.15) is 17.5 Å². The molecule has 0 unspecified atom stereocenters. The number of rotatable bonds is 3. The number of aryl methyl sites for hydroxylation is 1. The molecule has 7 heteroatoms. The predicted octanol–water partition coefficient (Wildman–Crippen LogP) is 3.43. The van der Waals surface area contributed by atoms with Gasteiger partial charge in [0.15, 0.2) is 0 Å². The van der Waals surface area contributed by atoms with Gasteiger partial charge in [-0.05, 0) is 26.0 Å². The third-order valence-corrected chi connectivity index (χ3v) is 3.42. The minimum Gasteiger partial charge on any atom is -0.339 e. The standard InChI is InChI=1S/C12H13Cl2N5/c1-6-11(16-7(2)17-12(6)19-15)18-9-5-3-4-8(13)10(9)14/h3-5H,15H2,1-2H3,(H2,16,17,18,19). The van der Waals surface area contributed by atoms with Gasteiger partial charge in [-0.1, -0.05) is 29.3 Å². The lowest BCUT2D eigenvalue weighted by atomic mass is 10.2. The molecular weight excluding hydrogens is 285 g/mol. The molecule has 0 radical (unpaired) electrons. The van der Waals surface area contributed by atoms with Crippen molar-refractivity contribution in [2.24, 2.45) is 5.84 Å². The topological polar surface area (TPSA) is 75.9 Å². The molecule has 0 amide bonds. The van der Waals surface area contributed by atoms with E-state index in [0.29, 0.717) is 33.2 Å². The minimum absolute atomic E-state index is 0.446. The van der Waals surface area contributed by atoms with Gasteiger partial charge in [0, 0.05) is 5.56 Å². The van der Waals surface area contributed by atoms with Crippen LogP contribution in [0, 0.1) is 13.8 Å². The van der Waals surface area contributed by atoms with Crippen molar-refractivity contribution in [1.29, 1.82) is 0 Å². The lowest BCUT2D eigenvalue weighted by Gasteiger charge is -2.13. The molecule has 2 rings (SSSR count). The normalized spacial score (nSPS) is 10.4. The first-order valence-electron chi connectivity index (χ1n) is 5.56. The molecule has 0 atom stereocenters. The first-order valence-corrected chi connectivity index (χ1v) is 6.31. The quantitative estimate of drug-likeness (QED) is 0.598. The van der Waals surface area contributed by atoms with Gasteiger partial charge in [0.25, 0.3) is 0 Å². The molecule has 19 heavy (non-hydrogen) atoms. The Morgan fingerprint density at radius 1 is 1.11 bits per heavy atom. The molecule has 0 saturated carbocycles. The second-order valence-corrected chi connectivity index (χ2v) is 4.75. The zero-order chi connectivity index (χ0) is 14.0. The SMILES string of the molecule is Cc1nc(NN)c(C)c(Nc2cccc(Cl)c2Cl)n1. The number of anilines is 3. The second-order valence-electron chi connectivity index (χ2n) is 3.96. The van der Waals surface area contributed by atoms with Gasteiger partial charge in [-0.2, -0.15) is 0 Å². The first-order chi connectivity index (χ1) is 9.02. The van der Waals surface area contributed by atoms with Crippen LogP contribution in [0.25, 0.3) is 0 Å². The average Bonchev–Trinajstić information content (AvgIpc) is 2.38. The summed E-state index contributed by atoms with van der Waals surface area (Å²) in [5, 5.41) is 4.06. The molecule has 0 fully saturated rings. The van der Waals surface area contributed by atoms with Crippen LogP contribution in [-0.4, -0.2) is 9.97 Å². The van der Waals surface area contributed by atoms with E-state index >= 15 is 0 Å². The Labute approximate surface area is 121 Å². The zero-order valence-electron chi connectivity index (χ0n) is 10.5. The Morgan fingerprint density at radius 2 is 1.79 bits per heavy atom. The molecule has 5 nitrogen and oxygen atoms in total. The molecule has 1 heterocycles. The van der Waals surface area contributed by atoms with Crippen molar-refractivity contribution in [3.63, 3.8) is 0 Å². The van der Waals surface area contributed by atoms with Crippen molar-refractivity contribution in [2.45, 2.75) is 13.8 Å². The van der Waals surface area contributed by atoms with Crippen molar-refractivity contribution in [3.8, 4) is 0 Å².